The molecule has 0 aliphatic rings. The van der Waals surface area contributed by atoms with Crippen LogP contribution in [-0.2, 0) is 26.1 Å². The number of esters is 1. The lowest BCUT2D eigenvalue weighted by atomic mass is 10.1. The van der Waals surface area contributed by atoms with Crippen molar-refractivity contribution < 1.29 is 22.7 Å². The normalized spacial score (nSPS) is 11.8. The Labute approximate surface area is 219 Å². The minimum absolute atomic E-state index is 0.0199. The number of benzene rings is 3. The van der Waals surface area contributed by atoms with Gasteiger partial charge < -0.3 is 9.47 Å². The number of hydrogen-bond donors (Lipinski definition) is 0. The maximum atomic E-state index is 13.7. The Morgan fingerprint density at radius 3 is 2.27 bits per heavy atom. The van der Waals surface area contributed by atoms with Crippen molar-refractivity contribution in [3.63, 3.8) is 0 Å². The molecular formula is C30H33NO5S. The molecule has 0 heterocycles. The summed E-state index contributed by atoms with van der Waals surface area (Å²) in [6.45, 7) is 5.86. The number of hydrogen-bond acceptors (Lipinski definition) is 5. The fourth-order valence-corrected chi connectivity index (χ4v) is 4.99. The predicted octanol–water partition coefficient (Wildman–Crippen LogP) is 5.79. The molecule has 3 aromatic carbocycles. The summed E-state index contributed by atoms with van der Waals surface area (Å²) in [5.74, 6) is 0.353. The van der Waals surface area contributed by atoms with Crippen molar-refractivity contribution in [3.8, 4) is 5.75 Å². The molecule has 0 aromatic heterocycles. The van der Waals surface area contributed by atoms with Crippen molar-refractivity contribution in [3.05, 3.63) is 114 Å². The van der Waals surface area contributed by atoms with Crippen LogP contribution in [0.1, 0.15) is 29.5 Å². The van der Waals surface area contributed by atoms with E-state index in [2.05, 4.69) is 6.58 Å². The predicted molar refractivity (Wildman–Crippen MR) is 147 cm³/mol. The van der Waals surface area contributed by atoms with Crippen LogP contribution >= 0.6 is 0 Å². The van der Waals surface area contributed by atoms with Gasteiger partial charge in [-0.3, -0.25) is 4.79 Å². The van der Waals surface area contributed by atoms with Gasteiger partial charge in [0.25, 0.3) is 0 Å². The Hall–Kier alpha value is -3.68. The number of rotatable bonds is 13. The number of nitrogens with zero attached hydrogens (tertiary/aromatic N) is 1. The summed E-state index contributed by atoms with van der Waals surface area (Å²) < 4.78 is 39.5. The van der Waals surface area contributed by atoms with Crippen LogP contribution in [0.15, 0.2) is 102 Å². The third-order valence-corrected chi connectivity index (χ3v) is 7.63. The number of sulfonamides is 1. The molecule has 3 aromatic rings. The zero-order valence-corrected chi connectivity index (χ0v) is 22.1. The smallest absolute Gasteiger partial charge is 0.306 e. The van der Waals surface area contributed by atoms with E-state index in [9.17, 15) is 13.2 Å². The van der Waals surface area contributed by atoms with Gasteiger partial charge in [-0.1, -0.05) is 72.3 Å². The minimum Gasteiger partial charge on any atom is -0.497 e. The summed E-state index contributed by atoms with van der Waals surface area (Å²) in [6, 6.07) is 23.6. The number of methoxy groups -OCH3 is 1. The first kappa shape index (κ1) is 27.9. The monoisotopic (exact) mass is 519 g/mol. The molecule has 0 radical (unpaired) electrons. The lowest BCUT2D eigenvalue weighted by Crippen LogP contribution is -2.31. The molecule has 37 heavy (non-hydrogen) atoms. The zero-order chi connectivity index (χ0) is 26.7. The second-order valence-corrected chi connectivity index (χ2v) is 10.5. The molecule has 0 spiro atoms. The maximum Gasteiger partial charge on any atom is 0.306 e. The van der Waals surface area contributed by atoms with E-state index in [1.54, 1.807) is 43.5 Å². The van der Waals surface area contributed by atoms with Crippen LogP contribution in [0.5, 0.6) is 5.75 Å². The molecule has 0 saturated heterocycles. The summed E-state index contributed by atoms with van der Waals surface area (Å²) in [6.07, 6.45) is 4.23. The zero-order valence-electron chi connectivity index (χ0n) is 21.3. The van der Waals surface area contributed by atoms with Gasteiger partial charge in [0.2, 0.25) is 10.0 Å². The fourth-order valence-electron chi connectivity index (χ4n) is 3.62. The summed E-state index contributed by atoms with van der Waals surface area (Å²) in [7, 11) is -2.21. The van der Waals surface area contributed by atoms with Crippen LogP contribution in [0.3, 0.4) is 0 Å². The first-order valence-corrected chi connectivity index (χ1v) is 13.5. The van der Waals surface area contributed by atoms with E-state index in [4.69, 9.17) is 9.47 Å². The molecule has 7 heteroatoms. The Kier molecular flexibility index (Phi) is 10.2. The number of carbonyl (C=O) groups excluding carboxylic acids is 1. The number of allylic oxidation sites excluding steroid dienone is 1. The Balaban J connectivity index is 1.94. The van der Waals surface area contributed by atoms with Crippen molar-refractivity contribution in [1.29, 1.82) is 0 Å². The SMILES string of the molecule is C=CCCC(=O)OC/C(=C/CN(Cc1ccccc1)S(=O)(=O)c1ccc(C)cc1)c1ccc(OC)cc1. The van der Waals surface area contributed by atoms with Gasteiger partial charge in [-0.15, -0.1) is 6.58 Å². The first-order valence-electron chi connectivity index (χ1n) is 12.0. The third kappa shape index (κ3) is 8.17. The standard InChI is InChI=1S/C30H33NO5S/c1-4-5-11-30(32)36-23-27(26-14-16-28(35-3)17-15-26)20-21-31(22-25-9-7-6-8-10-25)37(33,34)29-18-12-24(2)13-19-29/h4,6-10,12-20H,1,5,11,21-23H2,2-3H3/b27-20-. The second-order valence-electron chi connectivity index (χ2n) is 8.54. The quantitative estimate of drug-likeness (QED) is 0.211. The highest BCUT2D eigenvalue weighted by molar-refractivity contribution is 7.89. The van der Waals surface area contributed by atoms with Crippen LogP contribution in [0.25, 0.3) is 5.57 Å². The van der Waals surface area contributed by atoms with Gasteiger partial charge in [0.15, 0.2) is 0 Å². The summed E-state index contributed by atoms with van der Waals surface area (Å²) in [4.78, 5) is 12.4. The number of aryl methyl sites for hydroxylation is 1. The van der Waals surface area contributed by atoms with Crippen molar-refractivity contribution in [2.75, 3.05) is 20.3 Å². The van der Waals surface area contributed by atoms with E-state index in [1.165, 1.54) is 4.31 Å². The molecular weight excluding hydrogens is 486 g/mol. The van der Waals surface area contributed by atoms with Gasteiger partial charge in [-0.05, 0) is 54.3 Å². The first-order chi connectivity index (χ1) is 17.8. The van der Waals surface area contributed by atoms with Crippen molar-refractivity contribution in [2.45, 2.75) is 31.2 Å². The van der Waals surface area contributed by atoms with Gasteiger partial charge in [0.05, 0.1) is 12.0 Å². The molecule has 0 aliphatic carbocycles. The average molecular weight is 520 g/mol. The molecule has 0 bridgehead atoms. The maximum absolute atomic E-state index is 13.7. The molecule has 0 fully saturated rings. The average Bonchev–Trinajstić information content (AvgIpc) is 2.92. The van der Waals surface area contributed by atoms with Crippen LogP contribution < -0.4 is 4.74 Å². The molecule has 3 rings (SSSR count). The van der Waals surface area contributed by atoms with E-state index in [0.29, 0.717) is 17.7 Å². The van der Waals surface area contributed by atoms with Crippen LogP contribution in [0.4, 0.5) is 0 Å². The van der Waals surface area contributed by atoms with Crippen LogP contribution in [-0.4, -0.2) is 39.0 Å². The molecule has 0 aliphatic heterocycles. The second kappa shape index (κ2) is 13.6. The highest BCUT2D eigenvalue weighted by Crippen LogP contribution is 2.23. The Morgan fingerprint density at radius 2 is 1.65 bits per heavy atom. The number of ether oxygens (including phenoxy) is 2. The highest BCUT2D eigenvalue weighted by Gasteiger charge is 2.24. The summed E-state index contributed by atoms with van der Waals surface area (Å²) in [5, 5.41) is 0. The lowest BCUT2D eigenvalue weighted by molar-refractivity contribution is -0.142. The molecule has 0 saturated carbocycles. The largest absolute Gasteiger partial charge is 0.497 e. The fraction of sp³-hybridized carbons (Fsp3) is 0.233. The van der Waals surface area contributed by atoms with Crippen LogP contribution in [0.2, 0.25) is 0 Å². The van der Waals surface area contributed by atoms with E-state index in [0.717, 1.165) is 16.7 Å². The highest BCUT2D eigenvalue weighted by atomic mass is 32.2. The summed E-state index contributed by atoms with van der Waals surface area (Å²) in [5.41, 5.74) is 3.36. The van der Waals surface area contributed by atoms with Crippen molar-refractivity contribution >= 4 is 21.6 Å². The van der Waals surface area contributed by atoms with Crippen molar-refractivity contribution in [1.82, 2.24) is 4.31 Å². The Bertz CT molecular complexity index is 1300. The van der Waals surface area contributed by atoms with E-state index in [-0.39, 0.29) is 37.0 Å². The molecule has 6 nitrogen and oxygen atoms in total. The molecule has 0 atom stereocenters. The van der Waals surface area contributed by atoms with Gasteiger partial charge in [-0.2, -0.15) is 4.31 Å². The molecule has 0 amide bonds. The third-order valence-electron chi connectivity index (χ3n) is 5.80. The molecule has 0 unspecified atom stereocenters. The topological polar surface area (TPSA) is 72.9 Å². The van der Waals surface area contributed by atoms with Gasteiger partial charge in [-0.25, -0.2) is 8.42 Å². The van der Waals surface area contributed by atoms with Crippen molar-refractivity contribution in [2.24, 2.45) is 0 Å². The Morgan fingerprint density at radius 1 is 0.973 bits per heavy atom. The van der Waals surface area contributed by atoms with Crippen LogP contribution in [0, 0.1) is 6.92 Å². The minimum atomic E-state index is -3.80. The van der Waals surface area contributed by atoms with E-state index in [1.807, 2.05) is 61.5 Å². The number of carbonyl (C=O) groups is 1. The molecule has 0 N–H and O–H groups in total. The molecule has 194 valence electrons. The van der Waals surface area contributed by atoms with Gasteiger partial charge >= 0.3 is 5.97 Å². The summed E-state index contributed by atoms with van der Waals surface area (Å²) >= 11 is 0. The lowest BCUT2D eigenvalue weighted by Gasteiger charge is -2.22. The van der Waals surface area contributed by atoms with E-state index < -0.39 is 10.0 Å². The van der Waals surface area contributed by atoms with Gasteiger partial charge in [0.1, 0.15) is 12.4 Å². The van der Waals surface area contributed by atoms with Gasteiger partial charge in [0, 0.05) is 19.5 Å². The van der Waals surface area contributed by atoms with E-state index >= 15 is 0 Å².